The maximum atomic E-state index is 11.4. The number of amides is 2. The van der Waals surface area contributed by atoms with Crippen LogP contribution in [-0.2, 0) is 9.59 Å². The predicted molar refractivity (Wildman–Crippen MR) is 51.5 cm³/mol. The number of rotatable bonds is 3. The van der Waals surface area contributed by atoms with Crippen LogP contribution in [0.4, 0.5) is 0 Å². The fourth-order valence-corrected chi connectivity index (χ4v) is 1.12. The molecule has 0 aromatic rings. The van der Waals surface area contributed by atoms with Crippen LogP contribution in [0.2, 0.25) is 0 Å². The van der Waals surface area contributed by atoms with Crippen molar-refractivity contribution >= 4 is 17.5 Å². The van der Waals surface area contributed by atoms with Gasteiger partial charge in [0, 0.05) is 33.0 Å². The fourth-order valence-electron chi connectivity index (χ4n) is 1.12. The lowest BCUT2D eigenvalue weighted by atomic mass is 10.1. The molecular weight excluding hydrogens is 184 g/mol. The molecule has 1 aliphatic rings. The molecule has 14 heavy (non-hydrogen) atoms. The third-order valence-corrected chi connectivity index (χ3v) is 1.90. The lowest BCUT2D eigenvalue weighted by Crippen LogP contribution is -2.39. The topological polar surface area (TPSA) is 87.8 Å². The van der Waals surface area contributed by atoms with E-state index < -0.39 is 0 Å². The number of carbonyl (C=O) groups is 2. The van der Waals surface area contributed by atoms with E-state index >= 15 is 0 Å². The number of hydrogen-bond donors (Lipinski definition) is 2. The summed E-state index contributed by atoms with van der Waals surface area (Å²) in [6, 6.07) is 0. The summed E-state index contributed by atoms with van der Waals surface area (Å²) in [5, 5.41) is 7.66. The molecule has 0 aliphatic carbocycles. The summed E-state index contributed by atoms with van der Waals surface area (Å²) in [6.07, 6.45) is 0.741. The van der Waals surface area contributed by atoms with Crippen LogP contribution in [0.25, 0.3) is 0 Å². The zero-order valence-electron chi connectivity index (χ0n) is 8.12. The Morgan fingerprint density at radius 3 is 2.93 bits per heavy atom. The van der Waals surface area contributed by atoms with Crippen LogP contribution in [0.3, 0.4) is 0 Å². The highest BCUT2D eigenvalue weighted by Gasteiger charge is 2.21. The first-order chi connectivity index (χ1) is 6.65. The molecule has 6 heteroatoms. The lowest BCUT2D eigenvalue weighted by molar-refractivity contribution is -0.130. The van der Waals surface area contributed by atoms with Crippen molar-refractivity contribution in [3.63, 3.8) is 0 Å². The molecule has 6 nitrogen and oxygen atoms in total. The standard InChI is InChI=1S/C8H14N4O2/c1-12-7(13)3-2-6(11-12)8(14)10-5-4-9/h2-5,9H2,1H3,(H,10,14). The maximum absolute atomic E-state index is 11.4. The van der Waals surface area contributed by atoms with E-state index in [0.717, 1.165) is 0 Å². The first-order valence-corrected chi connectivity index (χ1v) is 4.47. The minimum atomic E-state index is -0.241. The molecule has 0 unspecified atom stereocenters. The number of hydrazone groups is 1. The Hall–Kier alpha value is -1.43. The summed E-state index contributed by atoms with van der Waals surface area (Å²) in [6.45, 7) is 0.823. The molecule has 0 aromatic carbocycles. The second-order valence-electron chi connectivity index (χ2n) is 3.01. The Kier molecular flexibility index (Phi) is 3.58. The van der Waals surface area contributed by atoms with Gasteiger partial charge in [-0.25, -0.2) is 5.01 Å². The van der Waals surface area contributed by atoms with Crippen LogP contribution in [0.5, 0.6) is 0 Å². The largest absolute Gasteiger partial charge is 0.350 e. The molecule has 0 fully saturated rings. The summed E-state index contributed by atoms with van der Waals surface area (Å²) in [4.78, 5) is 22.4. The number of carbonyl (C=O) groups excluding carboxylic acids is 2. The molecule has 1 rings (SSSR count). The number of nitrogens with zero attached hydrogens (tertiary/aromatic N) is 2. The van der Waals surface area contributed by atoms with Crippen molar-refractivity contribution in [2.24, 2.45) is 10.8 Å². The van der Waals surface area contributed by atoms with E-state index in [0.29, 0.717) is 31.6 Å². The zero-order valence-corrected chi connectivity index (χ0v) is 8.12. The van der Waals surface area contributed by atoms with E-state index in [9.17, 15) is 9.59 Å². The van der Waals surface area contributed by atoms with Gasteiger partial charge < -0.3 is 11.1 Å². The summed E-state index contributed by atoms with van der Waals surface area (Å²) in [5.41, 5.74) is 5.63. The highest BCUT2D eigenvalue weighted by molar-refractivity contribution is 6.39. The van der Waals surface area contributed by atoms with Crippen LogP contribution in [0.1, 0.15) is 12.8 Å². The van der Waals surface area contributed by atoms with E-state index in [-0.39, 0.29) is 11.8 Å². The number of nitrogens with two attached hydrogens (primary N) is 1. The highest BCUT2D eigenvalue weighted by atomic mass is 16.2. The van der Waals surface area contributed by atoms with Gasteiger partial charge in [0.25, 0.3) is 5.91 Å². The van der Waals surface area contributed by atoms with E-state index in [2.05, 4.69) is 10.4 Å². The van der Waals surface area contributed by atoms with Crippen LogP contribution in [-0.4, -0.2) is 42.7 Å². The number of nitrogens with one attached hydrogen (secondary N) is 1. The van der Waals surface area contributed by atoms with Gasteiger partial charge >= 0.3 is 0 Å². The molecule has 0 bridgehead atoms. The van der Waals surface area contributed by atoms with Gasteiger partial charge in [-0.1, -0.05) is 0 Å². The van der Waals surface area contributed by atoms with Crippen molar-refractivity contribution in [3.8, 4) is 0 Å². The van der Waals surface area contributed by atoms with Crippen LogP contribution >= 0.6 is 0 Å². The normalized spacial score (nSPS) is 16.6. The molecule has 0 aromatic heterocycles. The maximum Gasteiger partial charge on any atom is 0.267 e. The molecule has 78 valence electrons. The van der Waals surface area contributed by atoms with Crippen molar-refractivity contribution in [1.29, 1.82) is 0 Å². The molecule has 1 aliphatic heterocycles. The monoisotopic (exact) mass is 198 g/mol. The Morgan fingerprint density at radius 2 is 2.36 bits per heavy atom. The van der Waals surface area contributed by atoms with Gasteiger partial charge in [-0.3, -0.25) is 9.59 Å². The van der Waals surface area contributed by atoms with Gasteiger partial charge in [-0.05, 0) is 0 Å². The first-order valence-electron chi connectivity index (χ1n) is 4.47. The quantitative estimate of drug-likeness (QED) is 0.589. The van der Waals surface area contributed by atoms with Gasteiger partial charge in [0.05, 0.1) is 0 Å². The van der Waals surface area contributed by atoms with Crippen molar-refractivity contribution in [3.05, 3.63) is 0 Å². The average Bonchev–Trinajstić information content (AvgIpc) is 2.18. The Bertz CT molecular complexity index is 275. The van der Waals surface area contributed by atoms with Crippen LogP contribution in [0.15, 0.2) is 5.10 Å². The van der Waals surface area contributed by atoms with Crippen LogP contribution in [0, 0.1) is 0 Å². The van der Waals surface area contributed by atoms with E-state index in [1.165, 1.54) is 12.1 Å². The minimum absolute atomic E-state index is 0.0691. The lowest BCUT2D eigenvalue weighted by Gasteiger charge is -2.18. The van der Waals surface area contributed by atoms with Crippen molar-refractivity contribution in [2.75, 3.05) is 20.1 Å². The molecule has 0 spiro atoms. The second kappa shape index (κ2) is 4.71. The molecule has 0 saturated carbocycles. The van der Waals surface area contributed by atoms with Gasteiger partial charge in [0.2, 0.25) is 5.91 Å². The second-order valence-corrected chi connectivity index (χ2v) is 3.01. The van der Waals surface area contributed by atoms with Crippen molar-refractivity contribution in [1.82, 2.24) is 10.3 Å². The van der Waals surface area contributed by atoms with Gasteiger partial charge in [0.1, 0.15) is 5.71 Å². The summed E-state index contributed by atoms with van der Waals surface area (Å²) >= 11 is 0. The molecule has 3 N–H and O–H groups in total. The van der Waals surface area contributed by atoms with Crippen molar-refractivity contribution < 1.29 is 9.59 Å². The smallest absolute Gasteiger partial charge is 0.267 e. The van der Waals surface area contributed by atoms with Gasteiger partial charge in [0.15, 0.2) is 0 Å². The molecule has 0 radical (unpaired) electrons. The molecule has 0 atom stereocenters. The Morgan fingerprint density at radius 1 is 1.64 bits per heavy atom. The highest BCUT2D eigenvalue weighted by Crippen LogP contribution is 2.06. The van der Waals surface area contributed by atoms with Crippen LogP contribution < -0.4 is 11.1 Å². The third-order valence-electron chi connectivity index (χ3n) is 1.90. The third kappa shape index (κ3) is 2.53. The van der Waals surface area contributed by atoms with Gasteiger partial charge in [-0.2, -0.15) is 5.10 Å². The fraction of sp³-hybridized carbons (Fsp3) is 0.625. The minimum Gasteiger partial charge on any atom is -0.350 e. The first kappa shape index (κ1) is 10.6. The molecule has 0 saturated heterocycles. The Labute approximate surface area is 82.1 Å². The van der Waals surface area contributed by atoms with E-state index in [4.69, 9.17) is 5.73 Å². The van der Waals surface area contributed by atoms with Gasteiger partial charge in [-0.15, -0.1) is 0 Å². The molecule has 2 amide bonds. The average molecular weight is 198 g/mol. The zero-order chi connectivity index (χ0) is 10.6. The number of hydrogen-bond acceptors (Lipinski definition) is 4. The predicted octanol–water partition coefficient (Wildman–Crippen LogP) is -1.33. The summed E-state index contributed by atoms with van der Waals surface area (Å²) < 4.78 is 0. The Balaban J connectivity index is 2.56. The van der Waals surface area contributed by atoms with E-state index in [1.54, 1.807) is 0 Å². The van der Waals surface area contributed by atoms with E-state index in [1.807, 2.05) is 0 Å². The molecular formula is C8H14N4O2. The summed E-state index contributed by atoms with van der Waals surface area (Å²) in [7, 11) is 1.54. The molecule has 1 heterocycles. The summed E-state index contributed by atoms with van der Waals surface area (Å²) in [5.74, 6) is -0.310. The van der Waals surface area contributed by atoms with Crippen molar-refractivity contribution in [2.45, 2.75) is 12.8 Å². The SMILES string of the molecule is CN1N=C(C(=O)NCCN)CCC1=O.